The number of nitrogens with zero attached hydrogens (tertiary/aromatic N) is 2. The smallest absolute Gasteiger partial charge is 0.294 e. The second kappa shape index (κ2) is 6.39. The molecule has 0 bridgehead atoms. The standard InChI is InChI=1S/C13H12F3IN2OS/c1-8(20)10-3-4-11(21-10)9-7-12(13(14,15)16)19(18-9)6-5-17-2/h3-4,7H,2,5-6H2,1H3. The SMILES string of the molecule is C=ICCn1nc(-c2ccc(C(C)=O)s2)cc1C(F)(F)F. The van der Waals surface area contributed by atoms with Crippen molar-refractivity contribution in [3.63, 3.8) is 0 Å². The summed E-state index contributed by atoms with van der Waals surface area (Å²) in [6, 6.07) is 4.27. The van der Waals surface area contributed by atoms with Gasteiger partial charge in [-0.1, -0.05) is 4.51 Å². The largest absolute Gasteiger partial charge is 0.433 e. The van der Waals surface area contributed by atoms with Gasteiger partial charge in [-0.3, -0.25) is 9.48 Å². The summed E-state index contributed by atoms with van der Waals surface area (Å²) in [6.45, 7) is 1.64. The van der Waals surface area contributed by atoms with Gasteiger partial charge in [0, 0.05) is 4.43 Å². The van der Waals surface area contributed by atoms with E-state index in [2.05, 4.69) is 9.61 Å². The van der Waals surface area contributed by atoms with E-state index in [1.54, 1.807) is 12.1 Å². The van der Waals surface area contributed by atoms with Crippen molar-refractivity contribution in [2.75, 3.05) is 4.43 Å². The first kappa shape index (κ1) is 16.3. The lowest BCUT2D eigenvalue weighted by Crippen LogP contribution is -2.15. The summed E-state index contributed by atoms with van der Waals surface area (Å²) >= 11 is 0.814. The molecule has 0 aliphatic rings. The Balaban J connectivity index is 2.42. The van der Waals surface area contributed by atoms with Gasteiger partial charge in [-0.2, -0.15) is 18.3 Å². The quantitative estimate of drug-likeness (QED) is 0.406. The highest BCUT2D eigenvalue weighted by molar-refractivity contribution is 14.2. The molecule has 3 nitrogen and oxygen atoms in total. The number of alkyl halides is 4. The van der Waals surface area contributed by atoms with E-state index in [0.717, 1.165) is 22.1 Å². The van der Waals surface area contributed by atoms with Gasteiger partial charge in [0.25, 0.3) is 0 Å². The van der Waals surface area contributed by atoms with Gasteiger partial charge >= 0.3 is 6.18 Å². The number of aryl methyl sites for hydroxylation is 1. The van der Waals surface area contributed by atoms with Gasteiger partial charge in [-0.15, -0.1) is 32.1 Å². The van der Waals surface area contributed by atoms with Crippen LogP contribution in [0.25, 0.3) is 10.6 Å². The van der Waals surface area contributed by atoms with Gasteiger partial charge in [0.05, 0.1) is 16.3 Å². The van der Waals surface area contributed by atoms with Gasteiger partial charge in [0.2, 0.25) is 0 Å². The van der Waals surface area contributed by atoms with E-state index in [0.29, 0.717) is 14.2 Å². The van der Waals surface area contributed by atoms with E-state index in [1.807, 2.05) is 0 Å². The van der Waals surface area contributed by atoms with Crippen LogP contribution in [-0.2, 0) is 12.7 Å². The third-order valence-corrected chi connectivity index (χ3v) is 5.16. The van der Waals surface area contributed by atoms with Crippen LogP contribution >= 0.6 is 32.1 Å². The number of thiophene rings is 1. The Labute approximate surface area is 133 Å². The molecular formula is C13H12F3IN2OS. The first-order valence-electron chi connectivity index (χ1n) is 5.92. The third kappa shape index (κ3) is 3.79. The van der Waals surface area contributed by atoms with Crippen LogP contribution in [0.2, 0.25) is 0 Å². The number of halogens is 4. The molecule has 2 heterocycles. The number of Topliss-reactive ketones (excluding diaryl/α,β-unsaturated/α-hetero) is 1. The number of aromatic nitrogens is 2. The van der Waals surface area contributed by atoms with Gasteiger partial charge in [-0.25, -0.2) is 0 Å². The summed E-state index contributed by atoms with van der Waals surface area (Å²) < 4.78 is 44.4. The molecule has 0 spiro atoms. The molecule has 2 aromatic heterocycles. The maximum Gasteiger partial charge on any atom is 0.433 e. The van der Waals surface area contributed by atoms with E-state index < -0.39 is 11.9 Å². The van der Waals surface area contributed by atoms with Crippen molar-refractivity contribution >= 4 is 42.4 Å². The molecule has 0 aromatic carbocycles. The molecule has 2 rings (SSSR count). The molecule has 0 N–H and O–H groups in total. The number of carbonyl (C=O) groups is 1. The topological polar surface area (TPSA) is 34.9 Å². The third-order valence-electron chi connectivity index (χ3n) is 2.71. The second-order valence-corrected chi connectivity index (χ2v) is 7.48. The first-order chi connectivity index (χ1) is 9.82. The second-order valence-electron chi connectivity index (χ2n) is 4.23. The minimum Gasteiger partial charge on any atom is -0.294 e. The molecule has 2 aromatic rings. The molecule has 0 atom stereocenters. The zero-order valence-electron chi connectivity index (χ0n) is 11.1. The average Bonchev–Trinajstić information content (AvgIpc) is 3.01. The van der Waals surface area contributed by atoms with Crippen molar-refractivity contribution in [1.82, 2.24) is 9.78 Å². The van der Waals surface area contributed by atoms with Gasteiger partial charge < -0.3 is 0 Å². The Kier molecular flexibility index (Phi) is 4.97. The van der Waals surface area contributed by atoms with Crippen molar-refractivity contribution in [2.45, 2.75) is 19.6 Å². The number of rotatable bonds is 5. The lowest BCUT2D eigenvalue weighted by molar-refractivity contribution is -0.144. The molecule has 8 heteroatoms. The molecule has 0 unspecified atom stereocenters. The van der Waals surface area contributed by atoms with E-state index in [4.69, 9.17) is 0 Å². The molecular weight excluding hydrogens is 416 g/mol. The fourth-order valence-corrected chi connectivity index (χ4v) is 3.40. The van der Waals surface area contributed by atoms with Gasteiger partial charge in [0.1, 0.15) is 11.4 Å². The van der Waals surface area contributed by atoms with Crippen LogP contribution in [0.3, 0.4) is 0 Å². The fourth-order valence-electron chi connectivity index (χ4n) is 1.74. The van der Waals surface area contributed by atoms with Crippen LogP contribution in [0.1, 0.15) is 22.3 Å². The lowest BCUT2D eigenvalue weighted by Gasteiger charge is -2.08. The van der Waals surface area contributed by atoms with E-state index in [-0.39, 0.29) is 38.8 Å². The Bertz CT molecular complexity index is 675. The highest BCUT2D eigenvalue weighted by Crippen LogP contribution is 2.34. The summed E-state index contributed by atoms with van der Waals surface area (Å²) in [4.78, 5) is 12.3. The van der Waals surface area contributed by atoms with Crippen molar-refractivity contribution in [3.05, 3.63) is 28.8 Å². The summed E-state index contributed by atoms with van der Waals surface area (Å²) in [5.74, 6) is -0.108. The highest BCUT2D eigenvalue weighted by Gasteiger charge is 2.36. The summed E-state index contributed by atoms with van der Waals surface area (Å²) in [7, 11) is 0. The van der Waals surface area contributed by atoms with Crippen molar-refractivity contribution in [2.24, 2.45) is 0 Å². The summed E-state index contributed by atoms with van der Waals surface area (Å²) in [5, 5.41) is 4.04. The van der Waals surface area contributed by atoms with Crippen LogP contribution in [-0.4, -0.2) is 24.5 Å². The normalized spacial score (nSPS) is 11.8. The lowest BCUT2D eigenvalue weighted by atomic mass is 10.3. The molecule has 0 aliphatic heterocycles. The molecule has 0 radical (unpaired) electrons. The van der Waals surface area contributed by atoms with Crippen LogP contribution < -0.4 is 0 Å². The maximum atomic E-state index is 13.0. The van der Waals surface area contributed by atoms with Gasteiger partial charge in [-0.05, 0) is 25.1 Å². The molecule has 21 heavy (non-hydrogen) atoms. The number of ketones is 1. The van der Waals surface area contributed by atoms with Crippen LogP contribution in [0.5, 0.6) is 0 Å². The number of carbonyl (C=O) groups excluding carboxylic acids is 1. The summed E-state index contributed by atoms with van der Waals surface area (Å²) in [5.41, 5.74) is -0.505. The minimum absolute atomic E-state index is 0.108. The maximum absolute atomic E-state index is 13.0. The molecule has 0 aliphatic carbocycles. The molecule has 0 amide bonds. The average molecular weight is 428 g/mol. The Morgan fingerprint density at radius 2 is 2.19 bits per heavy atom. The Morgan fingerprint density at radius 3 is 2.71 bits per heavy atom. The van der Waals surface area contributed by atoms with Crippen molar-refractivity contribution in [3.8, 4) is 10.6 Å². The van der Waals surface area contributed by atoms with E-state index in [9.17, 15) is 18.0 Å². The molecule has 0 saturated heterocycles. The Morgan fingerprint density at radius 1 is 1.48 bits per heavy atom. The zero-order valence-corrected chi connectivity index (χ0v) is 14.1. The minimum atomic E-state index is -4.44. The molecule has 0 fully saturated rings. The van der Waals surface area contributed by atoms with Crippen LogP contribution in [0.4, 0.5) is 13.2 Å². The van der Waals surface area contributed by atoms with Crippen LogP contribution in [0.15, 0.2) is 18.2 Å². The van der Waals surface area contributed by atoms with Gasteiger partial charge in [0.15, 0.2) is 5.78 Å². The summed E-state index contributed by atoms with van der Waals surface area (Å²) in [6.07, 6.45) is -4.44. The predicted molar refractivity (Wildman–Crippen MR) is 86.6 cm³/mol. The zero-order chi connectivity index (χ0) is 15.6. The fraction of sp³-hybridized carbons (Fsp3) is 0.308. The van der Waals surface area contributed by atoms with E-state index in [1.165, 1.54) is 6.92 Å². The first-order valence-corrected chi connectivity index (χ1v) is 9.78. The Hall–Kier alpha value is -1.03. The number of hydrogen-bond acceptors (Lipinski definition) is 3. The molecule has 114 valence electrons. The van der Waals surface area contributed by atoms with Crippen molar-refractivity contribution < 1.29 is 18.0 Å². The number of hydrogen-bond donors (Lipinski definition) is 0. The predicted octanol–water partition coefficient (Wildman–Crippen LogP) is 4.24. The highest BCUT2D eigenvalue weighted by atomic mass is 127. The molecule has 0 saturated carbocycles. The monoisotopic (exact) mass is 428 g/mol. The van der Waals surface area contributed by atoms with Crippen molar-refractivity contribution in [1.29, 1.82) is 0 Å². The van der Waals surface area contributed by atoms with Crippen LogP contribution in [0, 0.1) is 0 Å². The van der Waals surface area contributed by atoms with E-state index >= 15 is 0 Å².